The smallest absolute Gasteiger partial charge is 0.185 e. The number of benzene rings is 2. The Labute approximate surface area is 114 Å². The predicted molar refractivity (Wildman–Crippen MR) is 79.0 cm³/mol. The molecule has 0 saturated carbocycles. The van der Waals surface area contributed by atoms with Crippen LogP contribution in [0.15, 0.2) is 60.7 Å². The molecule has 0 N–H and O–H groups in total. The van der Waals surface area contributed by atoms with E-state index in [1.54, 1.807) is 6.08 Å². The summed E-state index contributed by atoms with van der Waals surface area (Å²) in [4.78, 5) is 11.8. The molecule has 0 fully saturated rings. The number of rotatable bonds is 3. The van der Waals surface area contributed by atoms with Gasteiger partial charge in [0.2, 0.25) is 0 Å². The van der Waals surface area contributed by atoms with Crippen LogP contribution in [-0.4, -0.2) is 5.78 Å². The molecule has 84 valence electrons. The maximum absolute atomic E-state index is 11.8. The topological polar surface area (TPSA) is 17.1 Å². The Morgan fingerprint density at radius 3 is 2.29 bits per heavy atom. The van der Waals surface area contributed by atoms with Crippen LogP contribution < -0.4 is 0 Å². The monoisotopic (exact) mass is 334 g/mol. The van der Waals surface area contributed by atoms with Gasteiger partial charge >= 0.3 is 0 Å². The molecule has 2 heteroatoms. The van der Waals surface area contributed by atoms with Gasteiger partial charge in [0.15, 0.2) is 5.78 Å². The van der Waals surface area contributed by atoms with Crippen molar-refractivity contribution in [2.45, 2.75) is 0 Å². The first-order chi connectivity index (χ1) is 8.27. The van der Waals surface area contributed by atoms with E-state index in [0.29, 0.717) is 0 Å². The second-order valence-electron chi connectivity index (χ2n) is 3.59. The zero-order chi connectivity index (χ0) is 12.1. The molecule has 2 aromatic carbocycles. The summed E-state index contributed by atoms with van der Waals surface area (Å²) in [5, 5.41) is 0. The largest absolute Gasteiger partial charge is 0.289 e. The Morgan fingerprint density at radius 2 is 1.59 bits per heavy atom. The van der Waals surface area contributed by atoms with Gasteiger partial charge in [0.1, 0.15) is 0 Å². The van der Waals surface area contributed by atoms with Crippen molar-refractivity contribution in [3.63, 3.8) is 0 Å². The standard InChI is InChI=1S/C15H11IO/c16-14-9-5-4-6-12(14)10-11-15(17)13-7-2-1-3-8-13/h1-11H/b11-10+. The van der Waals surface area contributed by atoms with E-state index in [0.717, 1.165) is 14.7 Å². The molecule has 0 spiro atoms. The van der Waals surface area contributed by atoms with Gasteiger partial charge in [-0.3, -0.25) is 4.79 Å². The van der Waals surface area contributed by atoms with E-state index in [1.165, 1.54) is 0 Å². The molecule has 2 rings (SSSR count). The fourth-order valence-corrected chi connectivity index (χ4v) is 2.04. The molecule has 0 aliphatic carbocycles. The molecular weight excluding hydrogens is 323 g/mol. The minimum absolute atomic E-state index is 0.0326. The maximum atomic E-state index is 11.8. The molecule has 2 aromatic rings. The van der Waals surface area contributed by atoms with Gasteiger partial charge in [-0.1, -0.05) is 54.6 Å². The fourth-order valence-electron chi connectivity index (χ4n) is 1.47. The number of allylic oxidation sites excluding steroid dienone is 1. The van der Waals surface area contributed by atoms with Crippen molar-refractivity contribution < 1.29 is 4.79 Å². The SMILES string of the molecule is O=C(/C=C/c1ccccc1I)c1ccccc1. The lowest BCUT2D eigenvalue weighted by molar-refractivity contribution is 0.104. The normalized spacial score (nSPS) is 10.6. The number of halogens is 1. The molecule has 0 aliphatic rings. The first-order valence-corrected chi connectivity index (χ1v) is 6.37. The Bertz CT molecular complexity index is 544. The van der Waals surface area contributed by atoms with E-state index >= 15 is 0 Å². The van der Waals surface area contributed by atoms with E-state index in [-0.39, 0.29) is 5.78 Å². The van der Waals surface area contributed by atoms with Crippen LogP contribution in [0.25, 0.3) is 6.08 Å². The molecule has 17 heavy (non-hydrogen) atoms. The van der Waals surface area contributed by atoms with E-state index < -0.39 is 0 Å². The van der Waals surface area contributed by atoms with Crippen molar-refractivity contribution in [3.8, 4) is 0 Å². The first kappa shape index (κ1) is 12.0. The van der Waals surface area contributed by atoms with E-state index in [4.69, 9.17) is 0 Å². The van der Waals surface area contributed by atoms with Crippen LogP contribution in [0.3, 0.4) is 0 Å². The van der Waals surface area contributed by atoms with Crippen molar-refractivity contribution in [1.82, 2.24) is 0 Å². The molecule has 0 unspecified atom stereocenters. The van der Waals surface area contributed by atoms with Crippen LogP contribution in [0.2, 0.25) is 0 Å². The average Bonchev–Trinajstić information content (AvgIpc) is 2.38. The third-order valence-electron chi connectivity index (χ3n) is 2.38. The molecule has 0 aliphatic heterocycles. The van der Waals surface area contributed by atoms with E-state index in [1.807, 2.05) is 60.7 Å². The third-order valence-corrected chi connectivity index (χ3v) is 3.36. The van der Waals surface area contributed by atoms with Gasteiger partial charge in [-0.25, -0.2) is 0 Å². The molecule has 0 atom stereocenters. The lowest BCUT2D eigenvalue weighted by Gasteiger charge is -1.97. The summed E-state index contributed by atoms with van der Waals surface area (Å²) in [6.07, 6.45) is 3.48. The second kappa shape index (κ2) is 5.77. The van der Waals surface area contributed by atoms with Crippen LogP contribution in [0, 0.1) is 3.57 Å². The van der Waals surface area contributed by atoms with Crippen LogP contribution >= 0.6 is 22.6 Å². The summed E-state index contributed by atoms with van der Waals surface area (Å²) in [6, 6.07) is 17.3. The highest BCUT2D eigenvalue weighted by atomic mass is 127. The quantitative estimate of drug-likeness (QED) is 0.467. The van der Waals surface area contributed by atoms with Crippen LogP contribution in [-0.2, 0) is 0 Å². The number of carbonyl (C=O) groups is 1. The zero-order valence-corrected chi connectivity index (χ0v) is 11.3. The average molecular weight is 334 g/mol. The maximum Gasteiger partial charge on any atom is 0.185 e. The van der Waals surface area contributed by atoms with Crippen LogP contribution in [0.5, 0.6) is 0 Å². The van der Waals surface area contributed by atoms with Crippen LogP contribution in [0.1, 0.15) is 15.9 Å². The van der Waals surface area contributed by atoms with Gasteiger partial charge in [0, 0.05) is 9.13 Å². The number of hydrogen-bond acceptors (Lipinski definition) is 1. The first-order valence-electron chi connectivity index (χ1n) is 5.29. The predicted octanol–water partition coefficient (Wildman–Crippen LogP) is 4.19. The summed E-state index contributed by atoms with van der Waals surface area (Å²) >= 11 is 2.26. The molecule has 1 nitrogen and oxygen atoms in total. The molecule has 0 bridgehead atoms. The number of ketones is 1. The van der Waals surface area contributed by atoms with E-state index in [9.17, 15) is 4.79 Å². The van der Waals surface area contributed by atoms with E-state index in [2.05, 4.69) is 22.6 Å². The molecule has 0 aromatic heterocycles. The summed E-state index contributed by atoms with van der Waals surface area (Å²) < 4.78 is 1.14. The van der Waals surface area contributed by atoms with Crippen molar-refractivity contribution in [2.24, 2.45) is 0 Å². The van der Waals surface area contributed by atoms with Gasteiger partial charge < -0.3 is 0 Å². The lowest BCUT2D eigenvalue weighted by Crippen LogP contribution is -1.92. The molecule has 0 amide bonds. The summed E-state index contributed by atoms with van der Waals surface area (Å²) in [5.41, 5.74) is 1.78. The highest BCUT2D eigenvalue weighted by Gasteiger charge is 2.00. The van der Waals surface area contributed by atoms with Gasteiger partial charge in [-0.2, -0.15) is 0 Å². The Kier molecular flexibility index (Phi) is 4.09. The van der Waals surface area contributed by atoms with Crippen molar-refractivity contribution in [3.05, 3.63) is 75.4 Å². The fraction of sp³-hybridized carbons (Fsp3) is 0. The molecule has 0 saturated heterocycles. The zero-order valence-electron chi connectivity index (χ0n) is 9.14. The molecule has 0 heterocycles. The van der Waals surface area contributed by atoms with Gasteiger partial charge in [0.25, 0.3) is 0 Å². The van der Waals surface area contributed by atoms with Gasteiger partial charge in [-0.15, -0.1) is 0 Å². The highest BCUT2D eigenvalue weighted by Crippen LogP contribution is 2.13. The minimum atomic E-state index is 0.0326. The number of carbonyl (C=O) groups excluding carboxylic acids is 1. The van der Waals surface area contributed by atoms with Crippen LogP contribution in [0.4, 0.5) is 0 Å². The summed E-state index contributed by atoms with van der Waals surface area (Å²) in [5.74, 6) is 0.0326. The second-order valence-corrected chi connectivity index (χ2v) is 4.75. The molecule has 0 radical (unpaired) electrons. The lowest BCUT2D eigenvalue weighted by atomic mass is 10.1. The Balaban J connectivity index is 2.17. The van der Waals surface area contributed by atoms with Crippen molar-refractivity contribution >= 4 is 34.5 Å². The Morgan fingerprint density at radius 1 is 0.941 bits per heavy atom. The number of hydrogen-bond donors (Lipinski definition) is 0. The minimum Gasteiger partial charge on any atom is -0.289 e. The van der Waals surface area contributed by atoms with Crippen molar-refractivity contribution in [1.29, 1.82) is 0 Å². The van der Waals surface area contributed by atoms with Gasteiger partial charge in [-0.05, 0) is 40.3 Å². The van der Waals surface area contributed by atoms with Gasteiger partial charge in [0.05, 0.1) is 0 Å². The van der Waals surface area contributed by atoms with Crippen molar-refractivity contribution in [2.75, 3.05) is 0 Å². The molecular formula is C15H11IO. The Hall–Kier alpha value is -1.42. The third kappa shape index (κ3) is 3.27. The summed E-state index contributed by atoms with van der Waals surface area (Å²) in [7, 11) is 0. The highest BCUT2D eigenvalue weighted by molar-refractivity contribution is 14.1. The summed E-state index contributed by atoms with van der Waals surface area (Å²) in [6.45, 7) is 0.